The molecule has 0 aliphatic carbocycles. The Bertz CT molecular complexity index is 1080. The highest BCUT2D eigenvalue weighted by atomic mass is 32.2. The van der Waals surface area contributed by atoms with Gasteiger partial charge in [0, 0.05) is 19.6 Å². The summed E-state index contributed by atoms with van der Waals surface area (Å²) in [7, 11) is -0.530. The molecule has 7 nitrogen and oxygen atoms in total. The molecule has 0 N–H and O–H groups in total. The number of sulfonamides is 1. The minimum atomic E-state index is -3.72. The van der Waals surface area contributed by atoms with E-state index >= 15 is 0 Å². The van der Waals surface area contributed by atoms with Crippen LogP contribution in [0.15, 0.2) is 41.3 Å². The molecule has 31 heavy (non-hydrogen) atoms. The lowest BCUT2D eigenvalue weighted by Gasteiger charge is -2.33. The maximum atomic E-state index is 13.4. The number of nitrogens with zero attached hydrogens (tertiary/aromatic N) is 2. The highest BCUT2D eigenvalue weighted by Gasteiger charge is 2.41. The number of hydrogen-bond donors (Lipinski definition) is 0. The molecule has 166 valence electrons. The third-order valence-electron chi connectivity index (χ3n) is 6.15. The highest BCUT2D eigenvalue weighted by molar-refractivity contribution is 7.89. The molecule has 0 bridgehead atoms. The van der Waals surface area contributed by atoms with Crippen molar-refractivity contribution in [3.63, 3.8) is 0 Å². The summed E-state index contributed by atoms with van der Waals surface area (Å²) in [6.45, 7) is 3.26. The first-order chi connectivity index (χ1) is 14.8. The van der Waals surface area contributed by atoms with Gasteiger partial charge in [0.25, 0.3) is 0 Å². The van der Waals surface area contributed by atoms with Crippen LogP contribution < -0.4 is 9.47 Å². The summed E-state index contributed by atoms with van der Waals surface area (Å²) < 4.78 is 38.6. The number of carbonyl (C=O) groups is 1. The third kappa shape index (κ3) is 4.02. The Morgan fingerprint density at radius 3 is 2.29 bits per heavy atom. The molecule has 1 fully saturated rings. The number of amides is 1. The molecule has 2 aromatic rings. The molecule has 0 unspecified atom stereocenters. The Kier molecular flexibility index (Phi) is 5.94. The summed E-state index contributed by atoms with van der Waals surface area (Å²) in [6.07, 6.45) is 1.91. The van der Waals surface area contributed by atoms with Gasteiger partial charge < -0.3 is 14.4 Å². The number of fused-ring (bicyclic) bond motifs is 1. The molecular formula is C23H28N2O5S. The van der Waals surface area contributed by atoms with Crippen molar-refractivity contribution >= 4 is 15.9 Å². The van der Waals surface area contributed by atoms with Crippen molar-refractivity contribution in [1.29, 1.82) is 0 Å². The summed E-state index contributed by atoms with van der Waals surface area (Å²) in [5.41, 5.74) is 3.12. The van der Waals surface area contributed by atoms with Gasteiger partial charge in [-0.1, -0.05) is 17.7 Å². The van der Waals surface area contributed by atoms with Crippen LogP contribution in [0.2, 0.25) is 0 Å². The quantitative estimate of drug-likeness (QED) is 0.709. The Labute approximate surface area is 183 Å². The number of methoxy groups -OCH3 is 2. The molecular weight excluding hydrogens is 416 g/mol. The van der Waals surface area contributed by atoms with Gasteiger partial charge in [-0.3, -0.25) is 4.79 Å². The fourth-order valence-electron chi connectivity index (χ4n) is 4.40. The summed E-state index contributed by atoms with van der Waals surface area (Å²) in [6, 6.07) is 9.99. The van der Waals surface area contributed by atoms with Crippen molar-refractivity contribution in [2.24, 2.45) is 0 Å². The molecule has 0 aromatic heterocycles. The molecule has 2 aliphatic rings. The molecule has 0 spiro atoms. The van der Waals surface area contributed by atoms with Crippen LogP contribution in [0.4, 0.5) is 0 Å². The zero-order chi connectivity index (χ0) is 22.2. The molecule has 0 radical (unpaired) electrons. The van der Waals surface area contributed by atoms with E-state index in [1.807, 2.05) is 19.1 Å². The lowest BCUT2D eigenvalue weighted by molar-refractivity contribution is -0.135. The van der Waals surface area contributed by atoms with Gasteiger partial charge in [0.05, 0.1) is 19.1 Å². The average molecular weight is 445 g/mol. The van der Waals surface area contributed by atoms with Crippen molar-refractivity contribution < 1.29 is 22.7 Å². The van der Waals surface area contributed by atoms with Crippen LogP contribution >= 0.6 is 0 Å². The summed E-state index contributed by atoms with van der Waals surface area (Å²) >= 11 is 0. The van der Waals surface area contributed by atoms with Crippen LogP contribution in [0.25, 0.3) is 0 Å². The number of ether oxygens (including phenoxy) is 2. The van der Waals surface area contributed by atoms with E-state index in [1.165, 1.54) is 4.31 Å². The van der Waals surface area contributed by atoms with Gasteiger partial charge in [-0.25, -0.2) is 8.42 Å². The largest absolute Gasteiger partial charge is 0.493 e. The lowest BCUT2D eigenvalue weighted by atomic mass is 9.98. The van der Waals surface area contributed by atoms with Crippen LogP contribution in [0.1, 0.15) is 29.5 Å². The van der Waals surface area contributed by atoms with Crippen molar-refractivity contribution in [3.8, 4) is 11.5 Å². The highest BCUT2D eigenvalue weighted by Crippen LogP contribution is 2.34. The molecule has 1 saturated heterocycles. The maximum absolute atomic E-state index is 13.4. The van der Waals surface area contributed by atoms with Crippen molar-refractivity contribution in [3.05, 3.63) is 53.1 Å². The van der Waals surface area contributed by atoms with E-state index in [4.69, 9.17) is 9.47 Å². The van der Waals surface area contributed by atoms with Crippen LogP contribution in [0.3, 0.4) is 0 Å². The second-order valence-electron chi connectivity index (χ2n) is 8.07. The molecule has 8 heteroatoms. The van der Waals surface area contributed by atoms with E-state index < -0.39 is 16.1 Å². The standard InChI is InChI=1S/C23H28N2O5S/c1-16-6-8-19(9-7-16)31(27,28)25-11-4-5-20(25)23(26)24-12-10-17-13-21(29-2)22(30-3)14-18(17)15-24/h6-9,13-14,20H,4-5,10-12,15H2,1-3H3/t20-/m0/s1. The Morgan fingerprint density at radius 1 is 1.00 bits per heavy atom. The Balaban J connectivity index is 1.56. The van der Waals surface area contributed by atoms with Gasteiger partial charge in [-0.05, 0) is 61.6 Å². The van der Waals surface area contributed by atoms with Crippen molar-refractivity contribution in [2.45, 2.75) is 43.7 Å². The van der Waals surface area contributed by atoms with Gasteiger partial charge in [-0.15, -0.1) is 0 Å². The SMILES string of the molecule is COc1cc2c(cc1OC)CN(C(=O)[C@@H]1CCCN1S(=O)(=O)c1ccc(C)cc1)CC2. The zero-order valence-electron chi connectivity index (χ0n) is 18.1. The summed E-state index contributed by atoms with van der Waals surface area (Å²) in [5.74, 6) is 1.17. The minimum Gasteiger partial charge on any atom is -0.493 e. The van der Waals surface area contributed by atoms with Crippen LogP contribution in [-0.4, -0.2) is 56.9 Å². The molecule has 1 atom stereocenters. The Morgan fingerprint density at radius 2 is 1.65 bits per heavy atom. The number of rotatable bonds is 5. The topological polar surface area (TPSA) is 76.2 Å². The van der Waals surface area contributed by atoms with Crippen molar-refractivity contribution in [1.82, 2.24) is 9.21 Å². The smallest absolute Gasteiger partial charge is 0.243 e. The van der Waals surface area contributed by atoms with E-state index in [0.717, 1.165) is 16.7 Å². The number of aryl methyl sites for hydroxylation is 1. The predicted octanol–water partition coefficient (Wildman–Crippen LogP) is 2.75. The molecule has 1 amide bonds. The van der Waals surface area contributed by atoms with Gasteiger partial charge in [0.1, 0.15) is 6.04 Å². The second kappa shape index (κ2) is 8.51. The molecule has 2 heterocycles. The number of carbonyl (C=O) groups excluding carboxylic acids is 1. The van der Waals surface area contributed by atoms with Gasteiger partial charge in [0.2, 0.25) is 15.9 Å². The zero-order valence-corrected chi connectivity index (χ0v) is 18.9. The fourth-order valence-corrected chi connectivity index (χ4v) is 6.05. The molecule has 0 saturated carbocycles. The molecule has 2 aliphatic heterocycles. The maximum Gasteiger partial charge on any atom is 0.243 e. The third-order valence-corrected chi connectivity index (χ3v) is 8.07. The van der Waals surface area contributed by atoms with Gasteiger partial charge in [-0.2, -0.15) is 4.31 Å². The van der Waals surface area contributed by atoms with E-state index in [2.05, 4.69) is 0 Å². The van der Waals surface area contributed by atoms with Crippen molar-refractivity contribution in [2.75, 3.05) is 27.3 Å². The van der Waals surface area contributed by atoms with E-state index in [-0.39, 0.29) is 10.8 Å². The first-order valence-corrected chi connectivity index (χ1v) is 11.9. The average Bonchev–Trinajstić information content (AvgIpc) is 3.28. The lowest BCUT2D eigenvalue weighted by Crippen LogP contribution is -2.49. The van der Waals surface area contributed by atoms with E-state index in [1.54, 1.807) is 43.4 Å². The first kappa shape index (κ1) is 21.6. The van der Waals surface area contributed by atoms with Gasteiger partial charge in [0.15, 0.2) is 11.5 Å². The summed E-state index contributed by atoms with van der Waals surface area (Å²) in [5, 5.41) is 0. The number of benzene rings is 2. The van der Waals surface area contributed by atoms with Crippen LogP contribution in [0.5, 0.6) is 11.5 Å². The van der Waals surface area contributed by atoms with Crippen LogP contribution in [-0.2, 0) is 27.8 Å². The van der Waals surface area contributed by atoms with E-state index in [9.17, 15) is 13.2 Å². The molecule has 2 aromatic carbocycles. The van der Waals surface area contributed by atoms with E-state index in [0.29, 0.717) is 50.4 Å². The molecule has 4 rings (SSSR count). The normalized spacial score (nSPS) is 19.2. The number of hydrogen-bond acceptors (Lipinski definition) is 5. The first-order valence-electron chi connectivity index (χ1n) is 10.5. The van der Waals surface area contributed by atoms with Crippen LogP contribution in [0, 0.1) is 6.92 Å². The fraction of sp³-hybridized carbons (Fsp3) is 0.435. The Hall–Kier alpha value is -2.58. The van der Waals surface area contributed by atoms with Gasteiger partial charge >= 0.3 is 0 Å². The summed E-state index contributed by atoms with van der Waals surface area (Å²) in [4.78, 5) is 15.4. The predicted molar refractivity (Wildman–Crippen MR) is 117 cm³/mol. The monoisotopic (exact) mass is 444 g/mol. The second-order valence-corrected chi connectivity index (χ2v) is 9.96. The minimum absolute atomic E-state index is 0.131.